The number of benzene rings is 1. The van der Waals surface area contributed by atoms with Gasteiger partial charge in [0.05, 0.1) is 35.3 Å². The molecule has 0 amide bonds. The highest BCUT2D eigenvalue weighted by atomic mass is 32.2. The molecule has 3 N–H and O–H groups in total. The molecule has 15 heteroatoms. The summed E-state index contributed by atoms with van der Waals surface area (Å²) in [4.78, 5) is 13.4. The summed E-state index contributed by atoms with van der Waals surface area (Å²) in [5.41, 5.74) is 1.85. The molecular weight excluding hydrogens is 562 g/mol. The van der Waals surface area contributed by atoms with Gasteiger partial charge in [-0.25, -0.2) is 36.5 Å². The molecule has 3 heterocycles. The van der Waals surface area contributed by atoms with Crippen molar-refractivity contribution in [3.05, 3.63) is 41.8 Å². The van der Waals surface area contributed by atoms with Gasteiger partial charge in [0.2, 0.25) is 22.4 Å². The van der Waals surface area contributed by atoms with Gasteiger partial charge in [0.15, 0.2) is 0 Å². The van der Waals surface area contributed by atoms with E-state index in [1.165, 1.54) is 12.3 Å². The predicted octanol–water partition coefficient (Wildman–Crippen LogP) is 5.30. The molecule has 1 aromatic carbocycles. The molecule has 0 spiro atoms. The Morgan fingerprint density at radius 1 is 1.12 bits per heavy atom. The zero-order chi connectivity index (χ0) is 29.2. The molecule has 1 aliphatic heterocycles. The standard InChI is InChI=1S/C25H28F6N6O2S/c1-13(2)17-9-20(14-3-4-19(18(26)8-14)37-40(38,39)6-5-25(29,30)31)35-21-12-33-24(36-22(17)21)34-16-7-15(23(27)28)10-32-11-16/h3-4,8-9,12-13,15-16,23,32,37H,5-7,10-11H2,1-2H3,(H,33,34,36)/t15-,16-/m0/s1. The smallest absolute Gasteiger partial charge is 0.350 e. The van der Waals surface area contributed by atoms with Crippen LogP contribution in [0.3, 0.4) is 0 Å². The van der Waals surface area contributed by atoms with Gasteiger partial charge in [-0.15, -0.1) is 0 Å². The lowest BCUT2D eigenvalue weighted by Gasteiger charge is -2.30. The fourth-order valence-electron chi connectivity index (χ4n) is 4.39. The van der Waals surface area contributed by atoms with Crippen molar-refractivity contribution in [1.29, 1.82) is 0 Å². The number of nitrogens with one attached hydrogen (secondary N) is 3. The normalized spacial score (nSPS) is 18.4. The second-order valence-electron chi connectivity index (χ2n) is 9.99. The Labute approximate surface area is 227 Å². The number of fused-ring (bicyclic) bond motifs is 1. The SMILES string of the molecule is CC(C)c1cc(-c2ccc(NS(=O)(=O)CCC(F)(F)F)c(F)c2)nc2cnc(N[C@@H]3CNC[C@@H](C(F)F)C3)nc12. The second kappa shape index (κ2) is 11.7. The summed E-state index contributed by atoms with van der Waals surface area (Å²) >= 11 is 0. The van der Waals surface area contributed by atoms with E-state index in [-0.39, 0.29) is 30.9 Å². The van der Waals surface area contributed by atoms with Crippen molar-refractivity contribution in [2.24, 2.45) is 5.92 Å². The molecule has 0 saturated carbocycles. The lowest BCUT2D eigenvalue weighted by Crippen LogP contribution is -2.45. The Bertz CT molecular complexity index is 1470. The van der Waals surface area contributed by atoms with E-state index in [1.807, 2.05) is 18.6 Å². The molecule has 1 aliphatic rings. The van der Waals surface area contributed by atoms with Crippen LogP contribution in [-0.4, -0.2) is 60.9 Å². The van der Waals surface area contributed by atoms with Crippen molar-refractivity contribution in [3.63, 3.8) is 0 Å². The van der Waals surface area contributed by atoms with Crippen molar-refractivity contribution in [2.45, 2.75) is 51.3 Å². The van der Waals surface area contributed by atoms with Gasteiger partial charge in [0.1, 0.15) is 11.3 Å². The van der Waals surface area contributed by atoms with E-state index in [1.54, 1.807) is 6.07 Å². The molecule has 8 nitrogen and oxygen atoms in total. The third kappa shape index (κ3) is 7.50. The Morgan fingerprint density at radius 2 is 1.88 bits per heavy atom. The van der Waals surface area contributed by atoms with Gasteiger partial charge in [0.25, 0.3) is 0 Å². The van der Waals surface area contributed by atoms with Gasteiger partial charge in [-0.3, -0.25) is 4.72 Å². The van der Waals surface area contributed by atoms with Crippen LogP contribution in [0.5, 0.6) is 0 Å². The van der Waals surface area contributed by atoms with Crippen molar-refractivity contribution in [2.75, 3.05) is 28.9 Å². The summed E-state index contributed by atoms with van der Waals surface area (Å²) in [7, 11) is -4.43. The molecule has 1 fully saturated rings. The number of sulfonamides is 1. The Balaban J connectivity index is 1.58. The summed E-state index contributed by atoms with van der Waals surface area (Å²) in [6.45, 7) is 4.57. The van der Waals surface area contributed by atoms with Crippen LogP contribution in [0.4, 0.5) is 38.0 Å². The Kier molecular flexibility index (Phi) is 8.73. The first-order chi connectivity index (χ1) is 18.7. The minimum atomic E-state index is -4.67. The number of hydrogen-bond acceptors (Lipinski definition) is 7. The van der Waals surface area contributed by atoms with E-state index >= 15 is 0 Å². The highest BCUT2D eigenvalue weighted by Crippen LogP contribution is 2.31. The highest BCUT2D eigenvalue weighted by molar-refractivity contribution is 7.92. The summed E-state index contributed by atoms with van der Waals surface area (Å²) in [6, 6.07) is 4.97. The number of anilines is 2. The Hall–Kier alpha value is -3.20. The minimum absolute atomic E-state index is 0.0453. The first-order valence-electron chi connectivity index (χ1n) is 12.5. The monoisotopic (exact) mass is 590 g/mol. The lowest BCUT2D eigenvalue weighted by atomic mass is 9.96. The molecule has 1 saturated heterocycles. The number of halogens is 6. The van der Waals surface area contributed by atoms with Gasteiger partial charge in [-0.2, -0.15) is 13.2 Å². The number of alkyl halides is 5. The maximum Gasteiger partial charge on any atom is 0.390 e. The van der Waals surface area contributed by atoms with E-state index in [0.717, 1.165) is 17.7 Å². The van der Waals surface area contributed by atoms with Crippen LogP contribution in [0, 0.1) is 11.7 Å². The molecule has 218 valence electrons. The first-order valence-corrected chi connectivity index (χ1v) is 14.2. The van der Waals surface area contributed by atoms with Gasteiger partial charge in [0, 0.05) is 30.6 Å². The quantitative estimate of drug-likeness (QED) is 0.290. The van der Waals surface area contributed by atoms with Crippen LogP contribution in [0.25, 0.3) is 22.3 Å². The van der Waals surface area contributed by atoms with Crippen molar-refractivity contribution in [1.82, 2.24) is 20.3 Å². The topological polar surface area (TPSA) is 109 Å². The second-order valence-corrected chi connectivity index (χ2v) is 11.8. The van der Waals surface area contributed by atoms with Crippen LogP contribution in [0.2, 0.25) is 0 Å². The maximum absolute atomic E-state index is 14.8. The molecule has 0 aliphatic carbocycles. The van der Waals surface area contributed by atoms with Crippen molar-refractivity contribution >= 4 is 32.7 Å². The number of hydrogen-bond donors (Lipinski definition) is 3. The van der Waals surface area contributed by atoms with Gasteiger partial charge in [-0.1, -0.05) is 19.9 Å². The molecule has 2 aromatic heterocycles. The van der Waals surface area contributed by atoms with E-state index in [4.69, 9.17) is 0 Å². The van der Waals surface area contributed by atoms with E-state index in [2.05, 4.69) is 25.6 Å². The molecule has 0 unspecified atom stereocenters. The third-order valence-corrected chi connectivity index (χ3v) is 7.73. The molecule has 4 rings (SSSR count). The molecule has 40 heavy (non-hydrogen) atoms. The van der Waals surface area contributed by atoms with E-state index < -0.39 is 52.2 Å². The lowest BCUT2D eigenvalue weighted by molar-refractivity contribution is -0.129. The third-order valence-electron chi connectivity index (χ3n) is 6.46. The summed E-state index contributed by atoms with van der Waals surface area (Å²) < 4.78 is 104. The molecule has 0 bridgehead atoms. The van der Waals surface area contributed by atoms with Gasteiger partial charge in [-0.05, 0) is 36.1 Å². The zero-order valence-corrected chi connectivity index (χ0v) is 22.4. The summed E-state index contributed by atoms with van der Waals surface area (Å²) in [6.07, 6.45) is -6.93. The van der Waals surface area contributed by atoms with E-state index in [0.29, 0.717) is 28.8 Å². The minimum Gasteiger partial charge on any atom is -0.350 e. The number of nitrogens with zero attached hydrogens (tertiary/aromatic N) is 3. The van der Waals surface area contributed by atoms with Gasteiger partial charge < -0.3 is 10.6 Å². The summed E-state index contributed by atoms with van der Waals surface area (Å²) in [5.74, 6) is -2.78. The number of piperidine rings is 1. The largest absolute Gasteiger partial charge is 0.390 e. The van der Waals surface area contributed by atoms with E-state index in [9.17, 15) is 34.8 Å². The number of rotatable bonds is 9. The fraction of sp³-hybridized carbons (Fsp3) is 0.480. The molecular formula is C25H28F6N6O2S. The number of aromatic nitrogens is 3. The van der Waals surface area contributed by atoms with Crippen molar-refractivity contribution in [3.8, 4) is 11.3 Å². The summed E-state index contributed by atoms with van der Waals surface area (Å²) in [5, 5.41) is 6.09. The van der Waals surface area contributed by atoms with Crippen LogP contribution in [0.15, 0.2) is 30.5 Å². The van der Waals surface area contributed by atoms with Crippen LogP contribution in [-0.2, 0) is 10.0 Å². The average Bonchev–Trinajstić information content (AvgIpc) is 2.88. The van der Waals surface area contributed by atoms with Gasteiger partial charge >= 0.3 is 6.18 Å². The highest BCUT2D eigenvalue weighted by Gasteiger charge is 2.31. The molecule has 2 atom stereocenters. The molecule has 0 radical (unpaired) electrons. The zero-order valence-electron chi connectivity index (χ0n) is 21.6. The average molecular weight is 591 g/mol. The molecule has 3 aromatic rings. The van der Waals surface area contributed by atoms with Crippen LogP contribution >= 0.6 is 0 Å². The number of pyridine rings is 1. The van der Waals surface area contributed by atoms with Crippen LogP contribution < -0.4 is 15.4 Å². The maximum atomic E-state index is 14.8. The predicted molar refractivity (Wildman–Crippen MR) is 139 cm³/mol. The fourth-order valence-corrected chi connectivity index (χ4v) is 5.49. The van der Waals surface area contributed by atoms with Crippen LogP contribution in [0.1, 0.15) is 38.2 Å². The van der Waals surface area contributed by atoms with Crippen molar-refractivity contribution < 1.29 is 34.8 Å². The Morgan fingerprint density at radius 3 is 2.52 bits per heavy atom. The first kappa shape index (κ1) is 29.8.